The Morgan fingerprint density at radius 2 is 2.04 bits per heavy atom. The Labute approximate surface area is 136 Å². The van der Waals surface area contributed by atoms with Gasteiger partial charge < -0.3 is 10.2 Å². The van der Waals surface area contributed by atoms with Crippen LogP contribution in [0.5, 0.6) is 0 Å². The summed E-state index contributed by atoms with van der Waals surface area (Å²) in [6.07, 6.45) is 8.85. The lowest BCUT2D eigenvalue weighted by molar-refractivity contribution is -0.126. The fraction of sp³-hybridized carbons (Fsp3) is 0.647. The molecule has 2 aliphatic rings. The first-order valence-corrected chi connectivity index (χ1v) is 8.54. The van der Waals surface area contributed by atoms with Crippen molar-refractivity contribution in [1.29, 1.82) is 0 Å². The van der Waals surface area contributed by atoms with Crippen LogP contribution in [0.25, 0.3) is 0 Å². The van der Waals surface area contributed by atoms with Crippen molar-refractivity contribution in [3.8, 4) is 0 Å². The highest BCUT2D eigenvalue weighted by Crippen LogP contribution is 2.31. The molecule has 1 aromatic heterocycles. The van der Waals surface area contributed by atoms with Crippen molar-refractivity contribution in [3.63, 3.8) is 0 Å². The molecule has 6 nitrogen and oxygen atoms in total. The molecule has 23 heavy (non-hydrogen) atoms. The maximum absolute atomic E-state index is 12.9. The second kappa shape index (κ2) is 7.06. The van der Waals surface area contributed by atoms with Crippen molar-refractivity contribution in [3.05, 3.63) is 23.8 Å². The maximum atomic E-state index is 12.9. The molecule has 124 valence electrons. The number of amides is 2. The number of fused-ring (bicyclic) bond motifs is 1. The molecule has 0 aromatic carbocycles. The molecule has 1 aromatic rings. The van der Waals surface area contributed by atoms with Gasteiger partial charge in [-0.1, -0.05) is 6.42 Å². The summed E-state index contributed by atoms with van der Waals surface area (Å²) >= 11 is 0. The number of hydrogen-bond donors (Lipinski definition) is 1. The fourth-order valence-electron chi connectivity index (χ4n) is 3.61. The average molecular weight is 316 g/mol. The molecule has 1 aliphatic carbocycles. The Hall–Kier alpha value is -1.98. The summed E-state index contributed by atoms with van der Waals surface area (Å²) < 4.78 is 0. The molecule has 1 N–H and O–H groups in total. The minimum atomic E-state index is -0.0947. The van der Waals surface area contributed by atoms with Gasteiger partial charge in [0.05, 0.1) is 17.8 Å². The van der Waals surface area contributed by atoms with Gasteiger partial charge in [0.25, 0.3) is 5.91 Å². The zero-order chi connectivity index (χ0) is 16.2. The molecule has 1 saturated heterocycles. The van der Waals surface area contributed by atoms with Gasteiger partial charge in [-0.25, -0.2) is 4.98 Å². The fourth-order valence-corrected chi connectivity index (χ4v) is 3.61. The van der Waals surface area contributed by atoms with E-state index in [0.717, 1.165) is 50.8 Å². The first kappa shape index (κ1) is 15.9. The van der Waals surface area contributed by atoms with Crippen molar-refractivity contribution in [2.45, 2.75) is 51.5 Å². The predicted molar refractivity (Wildman–Crippen MR) is 85.8 cm³/mol. The molecule has 1 saturated carbocycles. The Kier molecular flexibility index (Phi) is 4.88. The lowest BCUT2D eigenvalue weighted by atomic mass is 9.99. The third-order valence-electron chi connectivity index (χ3n) is 4.85. The smallest absolute Gasteiger partial charge is 0.274 e. The van der Waals surface area contributed by atoms with Crippen molar-refractivity contribution in [2.24, 2.45) is 5.92 Å². The number of carbonyl (C=O) groups is 2. The molecule has 2 unspecified atom stereocenters. The molecule has 2 heterocycles. The summed E-state index contributed by atoms with van der Waals surface area (Å²) in [5, 5.41) is 3.03. The standard InChI is InChI=1S/C17H24N4O2/c1-12-10-20-14(11-19-12)17(23)21-9-4-2-3-8-18-16(22)13-6-5-7-15(13)21/h10-11,13,15H,2-9H2,1H3,(H,18,22). The van der Waals surface area contributed by atoms with E-state index in [-0.39, 0.29) is 23.8 Å². The topological polar surface area (TPSA) is 75.2 Å². The van der Waals surface area contributed by atoms with Crippen LogP contribution in [0.3, 0.4) is 0 Å². The Morgan fingerprint density at radius 1 is 1.17 bits per heavy atom. The molecule has 2 atom stereocenters. The molecule has 6 heteroatoms. The minimum absolute atomic E-state index is 0.0105. The van der Waals surface area contributed by atoms with Crippen LogP contribution in [0.2, 0.25) is 0 Å². The molecule has 2 amide bonds. The molecule has 0 bridgehead atoms. The van der Waals surface area contributed by atoms with Gasteiger partial charge in [-0.15, -0.1) is 0 Å². The molecule has 2 fully saturated rings. The highest BCUT2D eigenvalue weighted by molar-refractivity contribution is 5.93. The molecule has 1 aliphatic heterocycles. The molecular formula is C17H24N4O2. The van der Waals surface area contributed by atoms with Gasteiger partial charge in [0.1, 0.15) is 5.69 Å². The molecule has 3 rings (SSSR count). The van der Waals surface area contributed by atoms with Gasteiger partial charge in [0.15, 0.2) is 0 Å². The zero-order valence-electron chi connectivity index (χ0n) is 13.6. The number of aryl methyl sites for hydroxylation is 1. The zero-order valence-corrected chi connectivity index (χ0v) is 13.6. The third kappa shape index (κ3) is 3.51. The van der Waals surface area contributed by atoms with Crippen molar-refractivity contribution in [2.75, 3.05) is 13.1 Å². The Bertz CT molecular complexity index is 572. The van der Waals surface area contributed by atoms with Crippen molar-refractivity contribution in [1.82, 2.24) is 20.2 Å². The first-order chi connectivity index (χ1) is 11.2. The highest BCUT2D eigenvalue weighted by Gasteiger charge is 2.39. The SMILES string of the molecule is Cc1cnc(C(=O)N2CCCCCNC(=O)C3CCCC32)cn1. The van der Waals surface area contributed by atoms with Crippen LogP contribution in [0.4, 0.5) is 0 Å². The van der Waals surface area contributed by atoms with E-state index in [9.17, 15) is 9.59 Å². The van der Waals surface area contributed by atoms with Gasteiger partial charge in [-0.3, -0.25) is 14.6 Å². The van der Waals surface area contributed by atoms with E-state index in [1.165, 1.54) is 0 Å². The van der Waals surface area contributed by atoms with E-state index in [0.29, 0.717) is 12.2 Å². The van der Waals surface area contributed by atoms with E-state index >= 15 is 0 Å². The van der Waals surface area contributed by atoms with Crippen LogP contribution >= 0.6 is 0 Å². The summed E-state index contributed by atoms with van der Waals surface area (Å²) in [6, 6.07) is -0.0105. The number of carbonyl (C=O) groups excluding carboxylic acids is 2. The number of nitrogens with zero attached hydrogens (tertiary/aromatic N) is 3. The summed E-state index contributed by atoms with van der Waals surface area (Å²) in [5.41, 5.74) is 1.17. The van der Waals surface area contributed by atoms with Crippen LogP contribution in [0.15, 0.2) is 12.4 Å². The van der Waals surface area contributed by atoms with Gasteiger partial charge in [-0.2, -0.15) is 0 Å². The lowest BCUT2D eigenvalue weighted by Gasteiger charge is -2.33. The molecule has 0 spiro atoms. The summed E-state index contributed by atoms with van der Waals surface area (Å²) in [6.45, 7) is 3.30. The van der Waals surface area contributed by atoms with Gasteiger partial charge in [-0.05, 0) is 39.0 Å². The van der Waals surface area contributed by atoms with Crippen molar-refractivity contribution >= 4 is 11.8 Å². The minimum Gasteiger partial charge on any atom is -0.356 e. The number of nitrogens with one attached hydrogen (secondary N) is 1. The summed E-state index contributed by atoms with van der Waals surface area (Å²) in [4.78, 5) is 35.6. The van der Waals surface area contributed by atoms with Crippen LogP contribution in [-0.2, 0) is 4.79 Å². The summed E-state index contributed by atoms with van der Waals surface area (Å²) in [5.74, 6) is -0.0829. The van der Waals surface area contributed by atoms with E-state index in [1.807, 2.05) is 11.8 Å². The van der Waals surface area contributed by atoms with Crippen LogP contribution in [0.1, 0.15) is 54.7 Å². The average Bonchev–Trinajstić information content (AvgIpc) is 3.03. The van der Waals surface area contributed by atoms with Crippen molar-refractivity contribution < 1.29 is 9.59 Å². The van der Waals surface area contributed by atoms with E-state index in [2.05, 4.69) is 15.3 Å². The van der Waals surface area contributed by atoms with Crippen LogP contribution in [0, 0.1) is 12.8 Å². The second-order valence-electron chi connectivity index (χ2n) is 6.50. The predicted octanol–water partition coefficient (Wildman–Crippen LogP) is 1.70. The number of rotatable bonds is 1. The summed E-state index contributed by atoms with van der Waals surface area (Å²) in [7, 11) is 0. The monoisotopic (exact) mass is 316 g/mol. The van der Waals surface area contributed by atoms with E-state index in [1.54, 1.807) is 12.4 Å². The van der Waals surface area contributed by atoms with Crippen LogP contribution in [-0.4, -0.2) is 45.8 Å². The Morgan fingerprint density at radius 3 is 2.83 bits per heavy atom. The normalized spacial score (nSPS) is 25.6. The molecule has 0 radical (unpaired) electrons. The third-order valence-corrected chi connectivity index (χ3v) is 4.85. The lowest BCUT2D eigenvalue weighted by Crippen LogP contribution is -2.48. The van der Waals surface area contributed by atoms with E-state index in [4.69, 9.17) is 0 Å². The van der Waals surface area contributed by atoms with Gasteiger partial charge in [0.2, 0.25) is 5.91 Å². The molecular weight excluding hydrogens is 292 g/mol. The van der Waals surface area contributed by atoms with Gasteiger partial charge in [0, 0.05) is 25.3 Å². The Balaban J connectivity index is 1.84. The van der Waals surface area contributed by atoms with E-state index < -0.39 is 0 Å². The number of aromatic nitrogens is 2. The van der Waals surface area contributed by atoms with Crippen LogP contribution < -0.4 is 5.32 Å². The highest BCUT2D eigenvalue weighted by atomic mass is 16.2. The largest absolute Gasteiger partial charge is 0.356 e. The van der Waals surface area contributed by atoms with Gasteiger partial charge >= 0.3 is 0 Å². The quantitative estimate of drug-likeness (QED) is 0.855. The number of hydrogen-bond acceptors (Lipinski definition) is 4. The first-order valence-electron chi connectivity index (χ1n) is 8.54. The maximum Gasteiger partial charge on any atom is 0.274 e. The second-order valence-corrected chi connectivity index (χ2v) is 6.50.